The number of para-hydroxylation sites is 1. The molecule has 1 heterocycles. The number of carbonyl (C=O) groups is 1. The highest BCUT2D eigenvalue weighted by atomic mass is 32.2. The summed E-state index contributed by atoms with van der Waals surface area (Å²) in [7, 11) is 1.62. The topological polar surface area (TPSA) is 73.3 Å². The largest absolute Gasteiger partial charge is 0.497 e. The molecule has 2 aromatic carbocycles. The molecule has 3 aromatic rings. The zero-order valence-corrected chi connectivity index (χ0v) is 16.5. The summed E-state index contributed by atoms with van der Waals surface area (Å²) >= 11 is 1.29. The van der Waals surface area contributed by atoms with Gasteiger partial charge in [0.1, 0.15) is 11.5 Å². The maximum Gasteiger partial charge on any atom is 0.252 e. The molecule has 0 saturated carbocycles. The smallest absolute Gasteiger partial charge is 0.252 e. The summed E-state index contributed by atoms with van der Waals surface area (Å²) in [5.41, 5.74) is 2.00. The average Bonchev–Trinajstić information content (AvgIpc) is 2.73. The number of hydrogen-bond acceptors (Lipinski definition) is 6. The lowest BCUT2D eigenvalue weighted by molar-refractivity contribution is -0.118. The molecule has 0 saturated heterocycles. The van der Waals surface area contributed by atoms with Gasteiger partial charge in [0.2, 0.25) is 5.91 Å². The van der Waals surface area contributed by atoms with Crippen LogP contribution < -0.4 is 14.8 Å². The van der Waals surface area contributed by atoms with Gasteiger partial charge >= 0.3 is 0 Å². The first-order valence-electron chi connectivity index (χ1n) is 8.72. The fourth-order valence-corrected chi connectivity index (χ4v) is 3.11. The minimum atomic E-state index is -0.0895. The summed E-state index contributed by atoms with van der Waals surface area (Å²) in [6.07, 6.45) is 3.16. The molecule has 0 aliphatic rings. The minimum Gasteiger partial charge on any atom is -0.497 e. The zero-order chi connectivity index (χ0) is 19.8. The van der Waals surface area contributed by atoms with Gasteiger partial charge in [0.25, 0.3) is 5.88 Å². The van der Waals surface area contributed by atoms with Gasteiger partial charge in [0.05, 0.1) is 12.9 Å². The van der Waals surface area contributed by atoms with E-state index < -0.39 is 0 Å². The number of nitrogens with one attached hydrogen (secondary N) is 1. The Morgan fingerprint density at radius 2 is 1.82 bits per heavy atom. The van der Waals surface area contributed by atoms with Crippen molar-refractivity contribution in [3.05, 3.63) is 72.1 Å². The van der Waals surface area contributed by atoms with E-state index in [1.807, 2.05) is 55.5 Å². The number of aromatic nitrogens is 2. The molecule has 28 heavy (non-hydrogen) atoms. The van der Waals surface area contributed by atoms with Crippen LogP contribution in [0.4, 0.5) is 0 Å². The first-order valence-corrected chi connectivity index (χ1v) is 9.71. The summed E-state index contributed by atoms with van der Waals surface area (Å²) < 4.78 is 11.0. The van der Waals surface area contributed by atoms with Crippen LogP contribution in [0.3, 0.4) is 0 Å². The van der Waals surface area contributed by atoms with Crippen molar-refractivity contribution in [3.8, 4) is 17.4 Å². The van der Waals surface area contributed by atoms with E-state index in [9.17, 15) is 4.79 Å². The number of methoxy groups -OCH3 is 1. The molecule has 1 amide bonds. The Bertz CT molecular complexity index is 932. The monoisotopic (exact) mass is 395 g/mol. The summed E-state index contributed by atoms with van der Waals surface area (Å²) in [4.78, 5) is 20.7. The van der Waals surface area contributed by atoms with Crippen molar-refractivity contribution in [3.63, 3.8) is 0 Å². The Morgan fingerprint density at radius 1 is 1.07 bits per heavy atom. The molecule has 0 radical (unpaired) electrons. The Hall–Kier alpha value is -3.06. The SMILES string of the molecule is COc1ccc(CNC(=O)CSc2nccnc2Oc2ccccc2C)cc1. The predicted molar refractivity (Wildman–Crippen MR) is 109 cm³/mol. The molecule has 144 valence electrons. The lowest BCUT2D eigenvalue weighted by atomic mass is 10.2. The molecular weight excluding hydrogens is 374 g/mol. The fraction of sp³-hybridized carbons (Fsp3) is 0.190. The van der Waals surface area contributed by atoms with Gasteiger partial charge in [-0.3, -0.25) is 4.79 Å². The summed E-state index contributed by atoms with van der Waals surface area (Å²) in [6.45, 7) is 2.42. The zero-order valence-electron chi connectivity index (χ0n) is 15.7. The lowest BCUT2D eigenvalue weighted by Gasteiger charge is -2.10. The molecule has 0 aliphatic carbocycles. The molecule has 0 spiro atoms. The van der Waals surface area contributed by atoms with Crippen molar-refractivity contribution in [2.75, 3.05) is 12.9 Å². The highest BCUT2D eigenvalue weighted by Gasteiger charge is 2.12. The number of hydrogen-bond donors (Lipinski definition) is 1. The van der Waals surface area contributed by atoms with E-state index in [2.05, 4.69) is 15.3 Å². The Balaban J connectivity index is 1.55. The first-order chi connectivity index (χ1) is 13.7. The molecule has 0 fully saturated rings. The summed E-state index contributed by atoms with van der Waals surface area (Å²) in [5.74, 6) is 2.03. The third-order valence-corrected chi connectivity index (χ3v) is 4.88. The van der Waals surface area contributed by atoms with Crippen LogP contribution in [0.2, 0.25) is 0 Å². The van der Waals surface area contributed by atoms with Crippen LogP contribution in [-0.4, -0.2) is 28.7 Å². The van der Waals surface area contributed by atoms with Crippen molar-refractivity contribution in [2.45, 2.75) is 18.5 Å². The van der Waals surface area contributed by atoms with E-state index in [-0.39, 0.29) is 11.7 Å². The van der Waals surface area contributed by atoms with Crippen molar-refractivity contribution < 1.29 is 14.3 Å². The van der Waals surface area contributed by atoms with Crippen molar-refractivity contribution >= 4 is 17.7 Å². The van der Waals surface area contributed by atoms with Crippen molar-refractivity contribution in [1.29, 1.82) is 0 Å². The van der Waals surface area contributed by atoms with Crippen LogP contribution in [0.15, 0.2) is 66.0 Å². The first kappa shape index (κ1) is 19.7. The predicted octanol–water partition coefficient (Wildman–Crippen LogP) is 3.99. The Labute approximate surface area is 168 Å². The van der Waals surface area contributed by atoms with Gasteiger partial charge in [-0.2, -0.15) is 0 Å². The number of benzene rings is 2. The standard InChI is InChI=1S/C21H21N3O3S/c1-15-5-3-4-6-18(15)27-20-21(23-12-11-22-20)28-14-19(25)24-13-16-7-9-17(26-2)10-8-16/h3-12H,13-14H2,1-2H3,(H,24,25). The molecule has 1 aromatic heterocycles. The molecule has 0 atom stereocenters. The van der Waals surface area contributed by atoms with Crippen molar-refractivity contribution in [1.82, 2.24) is 15.3 Å². The lowest BCUT2D eigenvalue weighted by Crippen LogP contribution is -2.24. The van der Waals surface area contributed by atoms with Crippen LogP contribution >= 0.6 is 11.8 Å². The second-order valence-corrected chi connectivity index (χ2v) is 6.91. The third kappa shape index (κ3) is 5.47. The maximum absolute atomic E-state index is 12.2. The number of carbonyl (C=O) groups excluding carboxylic acids is 1. The summed E-state index contributed by atoms with van der Waals surface area (Å²) in [6, 6.07) is 15.3. The third-order valence-electron chi connectivity index (χ3n) is 3.92. The maximum atomic E-state index is 12.2. The molecule has 0 aliphatic heterocycles. The number of ether oxygens (including phenoxy) is 2. The Morgan fingerprint density at radius 3 is 2.57 bits per heavy atom. The van der Waals surface area contributed by atoms with E-state index in [1.54, 1.807) is 19.5 Å². The van der Waals surface area contributed by atoms with E-state index in [0.29, 0.717) is 23.2 Å². The Kier molecular flexibility index (Phi) is 6.86. The van der Waals surface area contributed by atoms with Crippen LogP contribution in [-0.2, 0) is 11.3 Å². The van der Waals surface area contributed by atoms with Gasteiger partial charge in [-0.05, 0) is 36.2 Å². The van der Waals surface area contributed by atoms with E-state index >= 15 is 0 Å². The number of thioether (sulfide) groups is 1. The minimum absolute atomic E-state index is 0.0895. The molecular formula is C21H21N3O3S. The second-order valence-electron chi connectivity index (χ2n) is 5.95. The van der Waals surface area contributed by atoms with Crippen molar-refractivity contribution in [2.24, 2.45) is 0 Å². The number of amides is 1. The molecule has 0 unspecified atom stereocenters. The van der Waals surface area contributed by atoms with E-state index in [0.717, 1.165) is 16.9 Å². The fourth-order valence-electron chi connectivity index (χ4n) is 2.39. The quantitative estimate of drug-likeness (QED) is 0.581. The van der Waals surface area contributed by atoms with Gasteiger partial charge in [0.15, 0.2) is 5.03 Å². The van der Waals surface area contributed by atoms with Gasteiger partial charge in [-0.1, -0.05) is 42.1 Å². The van der Waals surface area contributed by atoms with Crippen LogP contribution in [0.1, 0.15) is 11.1 Å². The summed E-state index contributed by atoms with van der Waals surface area (Å²) in [5, 5.41) is 3.47. The molecule has 0 bridgehead atoms. The number of aryl methyl sites for hydroxylation is 1. The van der Waals surface area contributed by atoms with Gasteiger partial charge in [-0.15, -0.1) is 0 Å². The number of nitrogens with zero attached hydrogens (tertiary/aromatic N) is 2. The van der Waals surface area contributed by atoms with Gasteiger partial charge in [0, 0.05) is 18.9 Å². The normalized spacial score (nSPS) is 10.4. The number of rotatable bonds is 8. The molecule has 3 rings (SSSR count). The van der Waals surface area contributed by atoms with Crippen LogP contribution in [0, 0.1) is 6.92 Å². The van der Waals surface area contributed by atoms with E-state index in [4.69, 9.17) is 9.47 Å². The van der Waals surface area contributed by atoms with E-state index in [1.165, 1.54) is 11.8 Å². The molecule has 6 nitrogen and oxygen atoms in total. The van der Waals surface area contributed by atoms with Gasteiger partial charge < -0.3 is 14.8 Å². The van der Waals surface area contributed by atoms with Gasteiger partial charge in [-0.25, -0.2) is 9.97 Å². The second kappa shape index (κ2) is 9.75. The average molecular weight is 395 g/mol. The molecule has 1 N–H and O–H groups in total. The van der Waals surface area contributed by atoms with Crippen LogP contribution in [0.5, 0.6) is 17.4 Å². The highest BCUT2D eigenvalue weighted by Crippen LogP contribution is 2.30. The molecule has 7 heteroatoms. The van der Waals surface area contributed by atoms with Crippen LogP contribution in [0.25, 0.3) is 0 Å². The highest BCUT2D eigenvalue weighted by molar-refractivity contribution is 8.00.